The fourth-order valence-corrected chi connectivity index (χ4v) is 1.31. The van der Waals surface area contributed by atoms with E-state index in [1.165, 1.54) is 6.07 Å². The Balaban J connectivity index is 3.24. The van der Waals surface area contributed by atoms with Crippen LogP contribution in [0.15, 0.2) is 30.9 Å². The molecule has 0 saturated heterocycles. The van der Waals surface area contributed by atoms with Gasteiger partial charge < -0.3 is 0 Å². The van der Waals surface area contributed by atoms with E-state index < -0.39 is 4.92 Å². The number of allylic oxidation sites excluding steroid dienone is 1. The maximum Gasteiger partial charge on any atom is 0.274 e. The Morgan fingerprint density at radius 3 is 2.85 bits per heavy atom. The normalized spacial score (nSPS) is 9.62. The highest BCUT2D eigenvalue weighted by Crippen LogP contribution is 2.26. The minimum absolute atomic E-state index is 0.0485. The summed E-state index contributed by atoms with van der Waals surface area (Å²) in [4.78, 5) is 10.1. The van der Waals surface area contributed by atoms with Crippen LogP contribution in [0.3, 0.4) is 0 Å². The van der Waals surface area contributed by atoms with Gasteiger partial charge in [0.15, 0.2) is 0 Å². The van der Waals surface area contributed by atoms with E-state index in [1.807, 2.05) is 0 Å². The Bertz CT molecular complexity index is 349. The monoisotopic (exact) mass is 197 g/mol. The summed E-state index contributed by atoms with van der Waals surface area (Å²) < 4.78 is 0. The lowest BCUT2D eigenvalue weighted by atomic mass is 10.1. The molecule has 4 heteroatoms. The van der Waals surface area contributed by atoms with Crippen LogP contribution in [0, 0.1) is 10.1 Å². The number of rotatable bonds is 3. The predicted molar refractivity (Wildman–Crippen MR) is 52.0 cm³/mol. The summed E-state index contributed by atoms with van der Waals surface area (Å²) in [5.74, 6) is 0. The highest BCUT2D eigenvalue weighted by Gasteiger charge is 2.14. The van der Waals surface area contributed by atoms with E-state index in [9.17, 15) is 10.1 Å². The number of nitro groups is 1. The minimum Gasteiger partial charge on any atom is -0.258 e. The van der Waals surface area contributed by atoms with Crippen LogP contribution < -0.4 is 0 Å². The number of hydrogen-bond donors (Lipinski definition) is 0. The average molecular weight is 198 g/mol. The lowest BCUT2D eigenvalue weighted by molar-refractivity contribution is -0.385. The summed E-state index contributed by atoms with van der Waals surface area (Å²) in [7, 11) is 0. The van der Waals surface area contributed by atoms with Crippen molar-refractivity contribution in [3.05, 3.63) is 51.6 Å². The molecule has 1 rings (SSSR count). The molecule has 0 bridgehead atoms. The van der Waals surface area contributed by atoms with Gasteiger partial charge in [-0.2, -0.15) is 0 Å². The van der Waals surface area contributed by atoms with Gasteiger partial charge in [-0.25, -0.2) is 0 Å². The molecule has 0 atom stereocenters. The Kier molecular flexibility index (Phi) is 3.03. The zero-order valence-electron chi connectivity index (χ0n) is 6.87. The highest BCUT2D eigenvalue weighted by atomic mass is 35.5. The maximum absolute atomic E-state index is 10.6. The lowest BCUT2D eigenvalue weighted by Gasteiger charge is -2.01. The van der Waals surface area contributed by atoms with Gasteiger partial charge in [-0.1, -0.05) is 23.7 Å². The van der Waals surface area contributed by atoms with Crippen molar-refractivity contribution < 1.29 is 4.92 Å². The summed E-state index contributed by atoms with van der Waals surface area (Å²) in [5, 5.41) is 11.0. The molecule has 0 saturated carbocycles. The van der Waals surface area contributed by atoms with Gasteiger partial charge in [0.05, 0.1) is 15.5 Å². The molecule has 0 spiro atoms. The summed E-state index contributed by atoms with van der Waals surface area (Å²) in [6.45, 7) is 3.52. The standard InChI is InChI=1S/C9H8ClNO2/c1-2-4-7-8(10)5-3-6-9(7)11(12)13/h2-3,5-6H,1,4H2. The van der Waals surface area contributed by atoms with Crippen LogP contribution in [0.4, 0.5) is 5.69 Å². The van der Waals surface area contributed by atoms with Crippen LogP contribution in [0.5, 0.6) is 0 Å². The molecule has 0 aliphatic heterocycles. The van der Waals surface area contributed by atoms with Gasteiger partial charge in [0.25, 0.3) is 5.69 Å². The Labute approximate surface area is 80.8 Å². The zero-order chi connectivity index (χ0) is 9.84. The molecular formula is C9H8ClNO2. The summed E-state index contributed by atoms with van der Waals surface area (Å²) in [5.41, 5.74) is 0.566. The molecule has 0 unspecified atom stereocenters. The van der Waals surface area contributed by atoms with E-state index in [1.54, 1.807) is 18.2 Å². The van der Waals surface area contributed by atoms with E-state index in [-0.39, 0.29) is 5.69 Å². The fourth-order valence-electron chi connectivity index (χ4n) is 1.06. The second kappa shape index (κ2) is 4.05. The van der Waals surface area contributed by atoms with Gasteiger partial charge in [-0.05, 0) is 12.5 Å². The van der Waals surface area contributed by atoms with Crippen molar-refractivity contribution >= 4 is 17.3 Å². The van der Waals surface area contributed by atoms with Crippen molar-refractivity contribution in [3.63, 3.8) is 0 Å². The average Bonchev–Trinajstić information content (AvgIpc) is 2.08. The molecule has 0 aliphatic carbocycles. The van der Waals surface area contributed by atoms with E-state index in [0.29, 0.717) is 17.0 Å². The first kappa shape index (κ1) is 9.74. The molecule has 0 amide bonds. The summed E-state index contributed by atoms with van der Waals surface area (Å²) in [6.07, 6.45) is 2.00. The Hall–Kier alpha value is -1.35. The molecule has 1 aromatic carbocycles. The highest BCUT2D eigenvalue weighted by molar-refractivity contribution is 6.31. The first-order chi connectivity index (χ1) is 6.16. The number of hydrogen-bond acceptors (Lipinski definition) is 2. The fraction of sp³-hybridized carbons (Fsp3) is 0.111. The van der Waals surface area contributed by atoms with Crippen molar-refractivity contribution in [3.8, 4) is 0 Å². The van der Waals surface area contributed by atoms with Crippen LogP contribution in [0.25, 0.3) is 0 Å². The molecule has 13 heavy (non-hydrogen) atoms. The third-order valence-electron chi connectivity index (χ3n) is 1.64. The number of benzene rings is 1. The molecule has 68 valence electrons. The number of nitrogens with zero attached hydrogens (tertiary/aromatic N) is 1. The third kappa shape index (κ3) is 2.06. The molecule has 0 radical (unpaired) electrons. The van der Waals surface area contributed by atoms with Crippen LogP contribution in [-0.2, 0) is 6.42 Å². The van der Waals surface area contributed by atoms with Gasteiger partial charge in [0, 0.05) is 6.07 Å². The van der Waals surface area contributed by atoms with E-state index >= 15 is 0 Å². The molecule has 3 nitrogen and oxygen atoms in total. The molecule has 0 heterocycles. The van der Waals surface area contributed by atoms with Crippen LogP contribution in [0.2, 0.25) is 5.02 Å². The van der Waals surface area contributed by atoms with Crippen molar-refractivity contribution in [2.45, 2.75) is 6.42 Å². The van der Waals surface area contributed by atoms with E-state index in [2.05, 4.69) is 6.58 Å². The third-order valence-corrected chi connectivity index (χ3v) is 1.99. The molecule has 0 aromatic heterocycles. The maximum atomic E-state index is 10.6. The molecule has 0 aliphatic rings. The van der Waals surface area contributed by atoms with Gasteiger partial charge >= 0.3 is 0 Å². The van der Waals surface area contributed by atoms with Gasteiger partial charge in [-0.3, -0.25) is 10.1 Å². The minimum atomic E-state index is -0.440. The summed E-state index contributed by atoms with van der Waals surface area (Å²) >= 11 is 5.80. The van der Waals surface area contributed by atoms with Gasteiger partial charge in [-0.15, -0.1) is 6.58 Å². The first-order valence-electron chi connectivity index (χ1n) is 3.69. The number of halogens is 1. The van der Waals surface area contributed by atoms with Gasteiger partial charge in [0.2, 0.25) is 0 Å². The topological polar surface area (TPSA) is 43.1 Å². The van der Waals surface area contributed by atoms with Crippen molar-refractivity contribution in [1.82, 2.24) is 0 Å². The quantitative estimate of drug-likeness (QED) is 0.425. The second-order valence-electron chi connectivity index (χ2n) is 2.49. The SMILES string of the molecule is C=CCc1c(Cl)cccc1[N+](=O)[O-]. The Morgan fingerprint density at radius 1 is 1.62 bits per heavy atom. The van der Waals surface area contributed by atoms with E-state index in [0.717, 1.165) is 0 Å². The zero-order valence-corrected chi connectivity index (χ0v) is 7.62. The lowest BCUT2D eigenvalue weighted by Crippen LogP contribution is -1.94. The molecule has 0 N–H and O–H groups in total. The van der Waals surface area contributed by atoms with Crippen LogP contribution in [-0.4, -0.2) is 4.92 Å². The first-order valence-corrected chi connectivity index (χ1v) is 4.07. The summed E-state index contributed by atoms with van der Waals surface area (Å²) in [6, 6.07) is 4.63. The number of nitro benzene ring substituents is 1. The second-order valence-corrected chi connectivity index (χ2v) is 2.89. The van der Waals surface area contributed by atoms with Gasteiger partial charge in [0.1, 0.15) is 0 Å². The van der Waals surface area contributed by atoms with Crippen LogP contribution in [0.1, 0.15) is 5.56 Å². The Morgan fingerprint density at radius 2 is 2.31 bits per heavy atom. The van der Waals surface area contributed by atoms with Crippen molar-refractivity contribution in [1.29, 1.82) is 0 Å². The molecular weight excluding hydrogens is 190 g/mol. The van der Waals surface area contributed by atoms with E-state index in [4.69, 9.17) is 11.6 Å². The smallest absolute Gasteiger partial charge is 0.258 e. The van der Waals surface area contributed by atoms with Crippen molar-refractivity contribution in [2.24, 2.45) is 0 Å². The molecule has 1 aromatic rings. The van der Waals surface area contributed by atoms with Crippen molar-refractivity contribution in [2.75, 3.05) is 0 Å². The van der Waals surface area contributed by atoms with Crippen LogP contribution >= 0.6 is 11.6 Å². The largest absolute Gasteiger partial charge is 0.274 e. The predicted octanol–water partition coefficient (Wildman–Crippen LogP) is 2.98. The molecule has 0 fully saturated rings.